The maximum Gasteiger partial charge on any atom is 0.0742 e. The molecule has 0 aliphatic carbocycles. The lowest BCUT2D eigenvalue weighted by Crippen LogP contribution is -2.37. The van der Waals surface area contributed by atoms with Crippen molar-refractivity contribution in [3.05, 3.63) is 159 Å². The third kappa shape index (κ3) is 3.26. The molecule has 34 heavy (non-hydrogen) atoms. The number of hydrogen-bond donors (Lipinski definition) is 0. The van der Waals surface area contributed by atoms with Crippen LogP contribution in [0.1, 0.15) is 22.3 Å². The summed E-state index contributed by atoms with van der Waals surface area (Å²) in [4.78, 5) is 2.38. The minimum absolute atomic E-state index is 0.435. The van der Waals surface area contributed by atoms with Gasteiger partial charge in [-0.2, -0.15) is 0 Å². The van der Waals surface area contributed by atoms with Crippen molar-refractivity contribution >= 4 is 48.9 Å². The minimum atomic E-state index is -0.435. The van der Waals surface area contributed by atoms with E-state index in [2.05, 4.69) is 164 Å². The fourth-order valence-corrected chi connectivity index (χ4v) is 6.63. The average molecular weight is 567 g/mol. The van der Waals surface area contributed by atoms with Gasteiger partial charge in [-0.15, -0.1) is 0 Å². The van der Waals surface area contributed by atoms with Crippen molar-refractivity contribution in [2.45, 2.75) is 5.41 Å². The first kappa shape index (κ1) is 21.4. The molecule has 6 rings (SSSR count). The van der Waals surface area contributed by atoms with E-state index in [1.165, 1.54) is 33.6 Å². The highest BCUT2D eigenvalue weighted by Crippen LogP contribution is 2.57. The van der Waals surface area contributed by atoms with Gasteiger partial charge in [0.1, 0.15) is 0 Å². The fraction of sp³-hybridized carbons (Fsp3) is 0.0323. The molecule has 1 aliphatic rings. The third-order valence-corrected chi connectivity index (χ3v) is 7.53. The maximum absolute atomic E-state index is 3.70. The Bertz CT molecular complexity index is 1370. The van der Waals surface area contributed by atoms with E-state index in [0.717, 1.165) is 14.6 Å². The largest absolute Gasteiger partial charge is 0.310 e. The van der Waals surface area contributed by atoms with Gasteiger partial charge in [0.05, 0.1) is 16.8 Å². The van der Waals surface area contributed by atoms with Gasteiger partial charge in [0, 0.05) is 14.6 Å². The molecule has 164 valence electrons. The molecule has 0 aromatic heterocycles. The Hall–Kier alpha value is -3.14. The Kier molecular flexibility index (Phi) is 5.40. The Balaban J connectivity index is 1.77. The van der Waals surface area contributed by atoms with Gasteiger partial charge in [0.2, 0.25) is 0 Å². The number of para-hydroxylation sites is 2. The molecule has 3 heteroatoms. The molecular formula is C31H21Br2N. The highest BCUT2D eigenvalue weighted by atomic mass is 79.9. The normalized spacial score (nSPS) is 13.8. The summed E-state index contributed by atoms with van der Waals surface area (Å²) < 4.78 is 2.07. The third-order valence-electron chi connectivity index (χ3n) is 6.62. The summed E-state index contributed by atoms with van der Waals surface area (Å²) in [5.41, 5.74) is 8.08. The summed E-state index contributed by atoms with van der Waals surface area (Å²) in [6.45, 7) is 0. The summed E-state index contributed by atoms with van der Waals surface area (Å²) in [5.74, 6) is 0. The summed E-state index contributed by atoms with van der Waals surface area (Å²) in [7, 11) is 0. The van der Waals surface area contributed by atoms with Crippen molar-refractivity contribution in [1.82, 2.24) is 0 Å². The lowest BCUT2D eigenvalue weighted by atomic mass is 9.62. The van der Waals surface area contributed by atoms with Crippen molar-refractivity contribution < 1.29 is 0 Å². The lowest BCUT2D eigenvalue weighted by Gasteiger charge is -2.46. The molecule has 0 amide bonds. The van der Waals surface area contributed by atoms with Crippen LogP contribution in [0.15, 0.2) is 136 Å². The van der Waals surface area contributed by atoms with Crippen molar-refractivity contribution in [2.24, 2.45) is 0 Å². The zero-order valence-corrected chi connectivity index (χ0v) is 21.5. The quantitative estimate of drug-likeness (QED) is 0.206. The topological polar surface area (TPSA) is 3.24 Å². The van der Waals surface area contributed by atoms with Crippen LogP contribution in [-0.4, -0.2) is 0 Å². The van der Waals surface area contributed by atoms with Gasteiger partial charge in [0.15, 0.2) is 0 Å². The van der Waals surface area contributed by atoms with Gasteiger partial charge < -0.3 is 4.90 Å². The second kappa shape index (κ2) is 8.57. The van der Waals surface area contributed by atoms with Crippen LogP contribution >= 0.6 is 31.9 Å². The van der Waals surface area contributed by atoms with E-state index in [0.29, 0.717) is 0 Å². The van der Waals surface area contributed by atoms with E-state index >= 15 is 0 Å². The van der Waals surface area contributed by atoms with Gasteiger partial charge >= 0.3 is 0 Å². The van der Waals surface area contributed by atoms with Crippen molar-refractivity contribution in [2.75, 3.05) is 4.90 Å². The summed E-state index contributed by atoms with van der Waals surface area (Å²) in [6, 6.07) is 45.8. The first-order chi connectivity index (χ1) is 16.7. The SMILES string of the molecule is Brc1cc(Br)cc(N2c3ccccc3C(c3ccccc3)(c3ccccc3)c3ccccc32)c1. The molecule has 0 radical (unpaired) electrons. The highest BCUT2D eigenvalue weighted by molar-refractivity contribution is 9.11. The number of rotatable bonds is 3. The van der Waals surface area contributed by atoms with Crippen LogP contribution in [-0.2, 0) is 5.41 Å². The molecule has 0 fully saturated rings. The second-order valence-corrected chi connectivity index (χ2v) is 10.3. The van der Waals surface area contributed by atoms with Crippen LogP contribution < -0.4 is 4.90 Å². The number of hydrogen-bond acceptors (Lipinski definition) is 1. The van der Waals surface area contributed by atoms with Gasteiger partial charge in [0.25, 0.3) is 0 Å². The van der Waals surface area contributed by atoms with E-state index in [-0.39, 0.29) is 0 Å². The molecule has 5 aromatic carbocycles. The molecule has 0 saturated heterocycles. The monoisotopic (exact) mass is 565 g/mol. The fourth-order valence-electron chi connectivity index (χ4n) is 5.36. The molecule has 0 N–H and O–H groups in total. The standard InChI is InChI=1S/C31H21Br2N/c32-24-19-25(33)21-26(20-24)34-29-17-9-7-15-27(29)31(22-11-3-1-4-12-22,23-13-5-2-6-14-23)28-16-8-10-18-30(28)34/h1-21H. The summed E-state index contributed by atoms with van der Waals surface area (Å²) in [6.07, 6.45) is 0. The smallest absolute Gasteiger partial charge is 0.0742 e. The summed E-state index contributed by atoms with van der Waals surface area (Å²) in [5, 5.41) is 0. The predicted molar refractivity (Wildman–Crippen MR) is 148 cm³/mol. The summed E-state index contributed by atoms with van der Waals surface area (Å²) >= 11 is 7.40. The van der Waals surface area contributed by atoms with Gasteiger partial charge in [-0.05, 0) is 52.6 Å². The van der Waals surface area contributed by atoms with Gasteiger partial charge in [-0.1, -0.05) is 129 Å². The Morgan fingerprint density at radius 2 is 0.882 bits per heavy atom. The van der Waals surface area contributed by atoms with E-state index in [1.807, 2.05) is 0 Å². The van der Waals surface area contributed by atoms with Crippen LogP contribution in [0.2, 0.25) is 0 Å². The first-order valence-corrected chi connectivity index (χ1v) is 12.8. The molecule has 0 atom stereocenters. The van der Waals surface area contributed by atoms with E-state index in [1.54, 1.807) is 0 Å². The molecule has 0 saturated carbocycles. The van der Waals surface area contributed by atoms with Crippen LogP contribution in [0.25, 0.3) is 0 Å². The van der Waals surface area contributed by atoms with Crippen LogP contribution in [0.5, 0.6) is 0 Å². The van der Waals surface area contributed by atoms with Crippen LogP contribution in [0.3, 0.4) is 0 Å². The molecular weight excluding hydrogens is 546 g/mol. The van der Waals surface area contributed by atoms with Crippen LogP contribution in [0.4, 0.5) is 17.1 Å². The molecule has 0 spiro atoms. The van der Waals surface area contributed by atoms with E-state index in [9.17, 15) is 0 Å². The second-order valence-electron chi connectivity index (χ2n) is 8.48. The minimum Gasteiger partial charge on any atom is -0.310 e. The molecule has 1 nitrogen and oxygen atoms in total. The van der Waals surface area contributed by atoms with Gasteiger partial charge in [-0.25, -0.2) is 0 Å². The maximum atomic E-state index is 3.70. The Morgan fingerprint density at radius 3 is 1.35 bits per heavy atom. The molecule has 5 aromatic rings. The predicted octanol–water partition coefficient (Wildman–Crippen LogP) is 9.38. The zero-order chi connectivity index (χ0) is 23.1. The molecule has 0 bridgehead atoms. The lowest BCUT2D eigenvalue weighted by molar-refractivity contribution is 0.731. The number of halogens is 2. The van der Waals surface area contributed by atoms with E-state index < -0.39 is 5.41 Å². The Morgan fingerprint density at radius 1 is 0.471 bits per heavy atom. The van der Waals surface area contributed by atoms with Crippen LogP contribution in [0, 0.1) is 0 Å². The average Bonchev–Trinajstić information content (AvgIpc) is 2.87. The van der Waals surface area contributed by atoms with Crippen molar-refractivity contribution in [3.8, 4) is 0 Å². The molecule has 1 aliphatic heterocycles. The number of anilines is 3. The van der Waals surface area contributed by atoms with E-state index in [4.69, 9.17) is 0 Å². The van der Waals surface area contributed by atoms with Crippen molar-refractivity contribution in [3.63, 3.8) is 0 Å². The number of fused-ring (bicyclic) bond motifs is 2. The van der Waals surface area contributed by atoms with Gasteiger partial charge in [-0.3, -0.25) is 0 Å². The van der Waals surface area contributed by atoms with Crippen molar-refractivity contribution in [1.29, 1.82) is 0 Å². The highest BCUT2D eigenvalue weighted by Gasteiger charge is 2.46. The molecule has 0 unspecified atom stereocenters. The zero-order valence-electron chi connectivity index (χ0n) is 18.3. The number of benzene rings is 5. The Labute approximate surface area is 217 Å². The first-order valence-electron chi connectivity index (χ1n) is 11.3. The number of nitrogens with zero attached hydrogens (tertiary/aromatic N) is 1. The molecule has 1 heterocycles.